The summed E-state index contributed by atoms with van der Waals surface area (Å²) in [4.78, 5) is 0. The first-order valence-corrected chi connectivity index (χ1v) is 7.03. The van der Waals surface area contributed by atoms with E-state index in [0.29, 0.717) is 24.1 Å². The lowest BCUT2D eigenvalue weighted by molar-refractivity contribution is 0.317. The Morgan fingerprint density at radius 3 is 2.90 bits per heavy atom. The maximum Gasteiger partial charge on any atom is 0.243 e. The predicted molar refractivity (Wildman–Crippen MR) is 78.1 cm³/mol. The number of hydrogen-bond acceptors (Lipinski definition) is 5. The number of benzene rings is 1. The topological polar surface area (TPSA) is 64.9 Å². The Labute approximate surface area is 123 Å². The number of nitrogens with zero attached hydrogens (tertiary/aromatic N) is 4. The Kier molecular flexibility index (Phi) is 5.17. The molecule has 6 nitrogen and oxygen atoms in total. The van der Waals surface area contributed by atoms with Crippen molar-refractivity contribution in [2.45, 2.75) is 33.4 Å². The highest BCUT2D eigenvalue weighted by Gasteiger charge is 2.06. The van der Waals surface area contributed by atoms with E-state index in [-0.39, 0.29) is 0 Å². The summed E-state index contributed by atoms with van der Waals surface area (Å²) in [6.07, 6.45) is 0.958. The molecule has 1 aromatic heterocycles. The van der Waals surface area contributed by atoms with E-state index in [9.17, 15) is 0 Å². The second-order valence-electron chi connectivity index (χ2n) is 4.29. The van der Waals surface area contributed by atoms with Gasteiger partial charge in [0, 0.05) is 13.1 Å². The average Bonchev–Trinajstić information content (AvgIpc) is 2.91. The van der Waals surface area contributed by atoms with Gasteiger partial charge >= 0.3 is 0 Å². The van der Waals surface area contributed by atoms with Gasteiger partial charge in [-0.25, -0.2) is 4.68 Å². The van der Waals surface area contributed by atoms with Crippen LogP contribution in [0.1, 0.15) is 25.8 Å². The highest BCUT2D eigenvalue weighted by molar-refractivity contribution is 6.32. The maximum absolute atomic E-state index is 6.19. The number of aryl methyl sites for hydroxylation is 1. The van der Waals surface area contributed by atoms with Crippen molar-refractivity contribution in [2.24, 2.45) is 0 Å². The average molecular weight is 296 g/mol. The minimum absolute atomic E-state index is 0.605. The number of ether oxygens (including phenoxy) is 1. The third-order valence-corrected chi connectivity index (χ3v) is 3.04. The zero-order valence-electron chi connectivity index (χ0n) is 11.6. The van der Waals surface area contributed by atoms with Gasteiger partial charge < -0.3 is 10.1 Å². The van der Waals surface area contributed by atoms with Gasteiger partial charge in [0.1, 0.15) is 5.75 Å². The molecule has 1 N–H and O–H groups in total. The van der Waals surface area contributed by atoms with Gasteiger partial charge in [-0.05, 0) is 41.5 Å². The fourth-order valence-electron chi connectivity index (χ4n) is 1.71. The molecule has 2 rings (SSSR count). The van der Waals surface area contributed by atoms with E-state index in [2.05, 4.69) is 27.8 Å². The van der Waals surface area contributed by atoms with Crippen molar-refractivity contribution in [1.82, 2.24) is 20.2 Å². The summed E-state index contributed by atoms with van der Waals surface area (Å²) in [5.41, 5.74) is 1.05. The quantitative estimate of drug-likeness (QED) is 0.851. The molecule has 0 spiro atoms. The number of halogens is 1. The molecule has 0 atom stereocenters. The molecule has 0 amide bonds. The molecule has 1 heterocycles. The predicted octanol–water partition coefficient (Wildman–Crippen LogP) is 2.75. The molecular formula is C13H18ClN5O. The molecule has 0 unspecified atom stereocenters. The van der Waals surface area contributed by atoms with E-state index < -0.39 is 0 Å². The largest absolute Gasteiger partial charge is 0.492 e. The Hall–Kier alpha value is -1.82. The molecule has 0 fully saturated rings. The molecule has 0 radical (unpaired) electrons. The van der Waals surface area contributed by atoms with E-state index in [4.69, 9.17) is 16.3 Å². The third kappa shape index (κ3) is 3.60. The van der Waals surface area contributed by atoms with Crippen LogP contribution in [0.3, 0.4) is 0 Å². The van der Waals surface area contributed by atoms with Crippen LogP contribution < -0.4 is 10.1 Å². The van der Waals surface area contributed by atoms with E-state index in [1.54, 1.807) is 4.68 Å². The van der Waals surface area contributed by atoms with Crippen molar-refractivity contribution >= 4 is 17.5 Å². The van der Waals surface area contributed by atoms with E-state index in [0.717, 1.165) is 24.3 Å². The van der Waals surface area contributed by atoms with Crippen LogP contribution in [0.4, 0.5) is 5.95 Å². The molecule has 0 aliphatic carbocycles. The lowest BCUT2D eigenvalue weighted by Crippen LogP contribution is -2.08. The molecular weight excluding hydrogens is 278 g/mol. The molecule has 2 aromatic rings. The van der Waals surface area contributed by atoms with E-state index in [1.165, 1.54) is 0 Å². The number of tetrazole rings is 1. The van der Waals surface area contributed by atoms with Crippen molar-refractivity contribution in [1.29, 1.82) is 0 Å². The number of hydrogen-bond donors (Lipinski definition) is 1. The standard InChI is InChI=1S/C13H18ClN5O/c1-3-7-20-12-6-5-10(8-11(12)14)9-15-13-16-17-18-19(13)4-2/h5-6,8H,3-4,7,9H2,1-2H3,(H,15,16,18). The molecule has 0 bridgehead atoms. The van der Waals surface area contributed by atoms with Gasteiger partial charge in [-0.1, -0.05) is 29.7 Å². The summed E-state index contributed by atoms with van der Waals surface area (Å²) in [6.45, 7) is 6.04. The number of aromatic nitrogens is 4. The maximum atomic E-state index is 6.19. The summed E-state index contributed by atoms with van der Waals surface area (Å²) >= 11 is 6.19. The summed E-state index contributed by atoms with van der Waals surface area (Å²) in [5, 5.41) is 15.2. The number of nitrogens with one attached hydrogen (secondary N) is 1. The van der Waals surface area contributed by atoms with Crippen LogP contribution in [0.25, 0.3) is 0 Å². The van der Waals surface area contributed by atoms with Crippen molar-refractivity contribution in [3.8, 4) is 5.75 Å². The van der Waals surface area contributed by atoms with Gasteiger partial charge in [-0.3, -0.25) is 0 Å². The molecule has 1 aromatic carbocycles. The Morgan fingerprint density at radius 2 is 2.20 bits per heavy atom. The minimum Gasteiger partial charge on any atom is -0.492 e. The van der Waals surface area contributed by atoms with Crippen molar-refractivity contribution in [3.63, 3.8) is 0 Å². The molecule has 0 aliphatic heterocycles. The smallest absolute Gasteiger partial charge is 0.243 e. The van der Waals surface area contributed by atoms with Crippen LogP contribution in [0, 0.1) is 0 Å². The van der Waals surface area contributed by atoms with Crippen LogP contribution in [0.15, 0.2) is 18.2 Å². The van der Waals surface area contributed by atoms with Crippen LogP contribution in [0.5, 0.6) is 5.75 Å². The van der Waals surface area contributed by atoms with Crippen molar-refractivity contribution in [2.75, 3.05) is 11.9 Å². The molecule has 0 saturated carbocycles. The summed E-state index contributed by atoms with van der Waals surface area (Å²) in [7, 11) is 0. The Balaban J connectivity index is 1.98. The van der Waals surface area contributed by atoms with Gasteiger partial charge in [0.2, 0.25) is 5.95 Å². The second kappa shape index (κ2) is 7.09. The molecule has 20 heavy (non-hydrogen) atoms. The summed E-state index contributed by atoms with van der Waals surface area (Å²) < 4.78 is 7.23. The zero-order valence-corrected chi connectivity index (χ0v) is 12.4. The van der Waals surface area contributed by atoms with E-state index >= 15 is 0 Å². The minimum atomic E-state index is 0.605. The molecule has 0 aliphatic rings. The monoisotopic (exact) mass is 295 g/mol. The summed E-state index contributed by atoms with van der Waals surface area (Å²) in [6, 6.07) is 5.75. The summed E-state index contributed by atoms with van der Waals surface area (Å²) in [5.74, 6) is 1.37. The first kappa shape index (κ1) is 14.6. The van der Waals surface area contributed by atoms with Gasteiger partial charge in [0.05, 0.1) is 11.6 Å². The van der Waals surface area contributed by atoms with Crippen molar-refractivity contribution < 1.29 is 4.74 Å². The lowest BCUT2D eigenvalue weighted by Gasteiger charge is -2.09. The van der Waals surface area contributed by atoms with Gasteiger partial charge in [0.25, 0.3) is 0 Å². The Morgan fingerprint density at radius 1 is 1.35 bits per heavy atom. The Bertz CT molecular complexity index is 557. The van der Waals surface area contributed by atoms with Crippen LogP contribution in [0.2, 0.25) is 5.02 Å². The van der Waals surface area contributed by atoms with Gasteiger partial charge in [-0.2, -0.15) is 0 Å². The lowest BCUT2D eigenvalue weighted by atomic mass is 10.2. The first-order chi connectivity index (χ1) is 9.74. The SMILES string of the molecule is CCCOc1ccc(CNc2nnnn2CC)cc1Cl. The third-order valence-electron chi connectivity index (χ3n) is 2.74. The second-order valence-corrected chi connectivity index (χ2v) is 4.69. The normalized spacial score (nSPS) is 10.6. The fourth-order valence-corrected chi connectivity index (χ4v) is 1.97. The molecule has 7 heteroatoms. The molecule has 0 saturated heterocycles. The number of rotatable bonds is 7. The van der Waals surface area contributed by atoms with E-state index in [1.807, 2.05) is 25.1 Å². The van der Waals surface area contributed by atoms with Crippen LogP contribution in [-0.4, -0.2) is 26.8 Å². The highest BCUT2D eigenvalue weighted by Crippen LogP contribution is 2.25. The van der Waals surface area contributed by atoms with Crippen LogP contribution in [-0.2, 0) is 13.1 Å². The molecule has 108 valence electrons. The fraction of sp³-hybridized carbons (Fsp3) is 0.462. The van der Waals surface area contributed by atoms with Crippen LogP contribution >= 0.6 is 11.6 Å². The number of anilines is 1. The highest BCUT2D eigenvalue weighted by atomic mass is 35.5. The van der Waals surface area contributed by atoms with Gasteiger partial charge in [-0.15, -0.1) is 0 Å². The zero-order chi connectivity index (χ0) is 14.4. The van der Waals surface area contributed by atoms with Crippen molar-refractivity contribution in [3.05, 3.63) is 28.8 Å². The first-order valence-electron chi connectivity index (χ1n) is 6.65. The van der Waals surface area contributed by atoms with Gasteiger partial charge in [0.15, 0.2) is 0 Å².